The van der Waals surface area contributed by atoms with Crippen LogP contribution in [0.5, 0.6) is 0 Å². The molecule has 0 bridgehead atoms. The molecule has 138 valence electrons. The van der Waals surface area contributed by atoms with Gasteiger partial charge in [0.15, 0.2) is 0 Å². The molecule has 2 rings (SSSR count). The molecule has 0 aliphatic carbocycles. The molecule has 0 radical (unpaired) electrons. The predicted octanol–water partition coefficient (Wildman–Crippen LogP) is 3.15. The Morgan fingerprint density at radius 1 is 1.16 bits per heavy atom. The van der Waals surface area contributed by atoms with E-state index < -0.39 is 35.4 Å². The molecule has 1 aromatic heterocycles. The first-order valence-electron chi connectivity index (χ1n) is 7.13. The van der Waals surface area contributed by atoms with E-state index >= 15 is 0 Å². The first-order chi connectivity index (χ1) is 11.5. The van der Waals surface area contributed by atoms with Crippen molar-refractivity contribution in [3.05, 3.63) is 41.1 Å². The summed E-state index contributed by atoms with van der Waals surface area (Å²) in [6, 6.07) is 3.45. The summed E-state index contributed by atoms with van der Waals surface area (Å²) < 4.78 is 78.7. The molecule has 3 N–H and O–H groups in total. The second-order valence-electron chi connectivity index (χ2n) is 5.44. The second kappa shape index (κ2) is 6.77. The summed E-state index contributed by atoms with van der Waals surface area (Å²) in [7, 11) is 1.39. The number of nitrogens with zero attached hydrogens (tertiary/aromatic N) is 2. The summed E-state index contributed by atoms with van der Waals surface area (Å²) in [5.74, 6) is 0. The third-order valence-electron chi connectivity index (χ3n) is 3.64. The standard InChI is InChI=1S/C15H15F6N3O/c1-24(6-5-22)13(25)9-7-11(15(19,20)21)23-12-8(9)3-2-4-10(12)14(16,17)18/h2-4,7,13,25H,5-6,22H2,1H3. The average Bonchev–Trinajstić information content (AvgIpc) is 2.50. The zero-order valence-electron chi connectivity index (χ0n) is 13.0. The fourth-order valence-corrected chi connectivity index (χ4v) is 2.43. The number of halogens is 6. The van der Waals surface area contributed by atoms with Gasteiger partial charge in [0.25, 0.3) is 0 Å². The molecule has 0 amide bonds. The Hall–Kier alpha value is -1.91. The molecule has 0 saturated carbocycles. The summed E-state index contributed by atoms with van der Waals surface area (Å²) >= 11 is 0. The Bertz CT molecular complexity index is 759. The number of rotatable bonds is 4. The minimum Gasteiger partial charge on any atom is -0.374 e. The van der Waals surface area contributed by atoms with Crippen LogP contribution in [0.4, 0.5) is 26.3 Å². The Morgan fingerprint density at radius 3 is 2.32 bits per heavy atom. The largest absolute Gasteiger partial charge is 0.433 e. The highest BCUT2D eigenvalue weighted by molar-refractivity contribution is 5.86. The molecule has 25 heavy (non-hydrogen) atoms. The third kappa shape index (κ3) is 4.02. The molecular weight excluding hydrogens is 352 g/mol. The SMILES string of the molecule is CN(CCN)C(O)c1cc(C(F)(F)F)nc2c(C(F)(F)F)cccc12. The highest BCUT2D eigenvalue weighted by atomic mass is 19.4. The van der Waals surface area contributed by atoms with Crippen LogP contribution in [0.2, 0.25) is 0 Å². The number of alkyl halides is 6. The molecule has 2 aromatic rings. The molecule has 4 nitrogen and oxygen atoms in total. The Morgan fingerprint density at radius 2 is 1.80 bits per heavy atom. The number of fused-ring (bicyclic) bond motifs is 1. The van der Waals surface area contributed by atoms with Crippen LogP contribution in [0, 0.1) is 0 Å². The average molecular weight is 367 g/mol. The molecule has 1 unspecified atom stereocenters. The lowest BCUT2D eigenvalue weighted by Crippen LogP contribution is -2.30. The molecule has 1 aromatic carbocycles. The summed E-state index contributed by atoms with van der Waals surface area (Å²) in [5, 5.41) is 10.1. The Balaban J connectivity index is 2.80. The number of benzene rings is 1. The molecule has 1 atom stereocenters. The number of pyridine rings is 1. The van der Waals surface area contributed by atoms with Crippen LogP contribution in [0.3, 0.4) is 0 Å². The normalized spacial score (nSPS) is 14.3. The van der Waals surface area contributed by atoms with Crippen LogP contribution < -0.4 is 5.73 Å². The van der Waals surface area contributed by atoms with Crippen molar-refractivity contribution in [2.75, 3.05) is 20.1 Å². The van der Waals surface area contributed by atoms with Crippen LogP contribution in [0.1, 0.15) is 23.0 Å². The summed E-state index contributed by atoms with van der Waals surface area (Å²) in [6.07, 6.45) is -11.4. The fraction of sp³-hybridized carbons (Fsp3) is 0.400. The molecular formula is C15H15F6N3O. The summed E-state index contributed by atoms with van der Waals surface area (Å²) in [5.41, 5.74) is 1.36. The summed E-state index contributed by atoms with van der Waals surface area (Å²) in [6.45, 7) is 0.238. The molecule has 0 saturated heterocycles. The first kappa shape index (κ1) is 19.4. The van der Waals surface area contributed by atoms with E-state index in [4.69, 9.17) is 5.73 Å². The minimum atomic E-state index is -4.96. The summed E-state index contributed by atoms with van der Waals surface area (Å²) in [4.78, 5) is 4.39. The second-order valence-corrected chi connectivity index (χ2v) is 5.44. The number of aliphatic hydroxyl groups is 1. The quantitative estimate of drug-likeness (QED) is 0.644. The van der Waals surface area contributed by atoms with Crippen molar-refractivity contribution in [2.24, 2.45) is 5.73 Å². The molecule has 10 heteroatoms. The van der Waals surface area contributed by atoms with Gasteiger partial charge in [0.2, 0.25) is 0 Å². The lowest BCUT2D eigenvalue weighted by atomic mass is 10.0. The highest BCUT2D eigenvalue weighted by Crippen LogP contribution is 2.39. The van der Waals surface area contributed by atoms with E-state index in [2.05, 4.69) is 4.98 Å². The number of aliphatic hydroxyl groups excluding tert-OH is 1. The molecule has 0 fully saturated rings. The smallest absolute Gasteiger partial charge is 0.374 e. The van der Waals surface area contributed by atoms with E-state index in [0.29, 0.717) is 12.1 Å². The van der Waals surface area contributed by atoms with Crippen molar-refractivity contribution in [1.82, 2.24) is 9.88 Å². The number of para-hydroxylation sites is 1. The number of likely N-dealkylation sites (N-methyl/N-ethyl adjacent to an activating group) is 1. The van der Waals surface area contributed by atoms with Gasteiger partial charge in [-0.1, -0.05) is 12.1 Å². The van der Waals surface area contributed by atoms with Crippen LogP contribution in [-0.4, -0.2) is 35.1 Å². The van der Waals surface area contributed by atoms with Crippen molar-refractivity contribution in [3.63, 3.8) is 0 Å². The van der Waals surface area contributed by atoms with Gasteiger partial charge < -0.3 is 10.8 Å². The lowest BCUT2D eigenvalue weighted by Gasteiger charge is -2.25. The molecule has 0 aliphatic heterocycles. The highest BCUT2D eigenvalue weighted by Gasteiger charge is 2.38. The van der Waals surface area contributed by atoms with Gasteiger partial charge >= 0.3 is 12.4 Å². The van der Waals surface area contributed by atoms with Gasteiger partial charge in [0.1, 0.15) is 11.9 Å². The molecule has 0 aliphatic rings. The Labute approximate surface area is 138 Å². The van der Waals surface area contributed by atoms with Gasteiger partial charge in [-0.05, 0) is 19.2 Å². The molecule has 0 spiro atoms. The number of hydrogen-bond acceptors (Lipinski definition) is 4. The molecule has 1 heterocycles. The number of hydrogen-bond donors (Lipinski definition) is 2. The first-order valence-corrected chi connectivity index (χ1v) is 7.13. The van der Waals surface area contributed by atoms with Gasteiger partial charge in [-0.15, -0.1) is 0 Å². The van der Waals surface area contributed by atoms with E-state index in [1.807, 2.05) is 0 Å². The monoisotopic (exact) mass is 367 g/mol. The zero-order valence-corrected chi connectivity index (χ0v) is 13.0. The Kier molecular flexibility index (Phi) is 5.26. The van der Waals surface area contributed by atoms with E-state index in [1.165, 1.54) is 18.0 Å². The van der Waals surface area contributed by atoms with E-state index in [-0.39, 0.29) is 24.0 Å². The van der Waals surface area contributed by atoms with E-state index in [0.717, 1.165) is 6.07 Å². The predicted molar refractivity (Wildman–Crippen MR) is 78.4 cm³/mol. The van der Waals surface area contributed by atoms with Crippen molar-refractivity contribution >= 4 is 10.9 Å². The third-order valence-corrected chi connectivity index (χ3v) is 3.64. The van der Waals surface area contributed by atoms with Gasteiger partial charge in [0, 0.05) is 24.0 Å². The van der Waals surface area contributed by atoms with Crippen LogP contribution >= 0.6 is 0 Å². The maximum absolute atomic E-state index is 13.1. The maximum Gasteiger partial charge on any atom is 0.433 e. The van der Waals surface area contributed by atoms with Gasteiger partial charge in [-0.3, -0.25) is 4.90 Å². The fourth-order valence-electron chi connectivity index (χ4n) is 2.43. The van der Waals surface area contributed by atoms with Crippen molar-refractivity contribution < 1.29 is 31.4 Å². The van der Waals surface area contributed by atoms with Crippen LogP contribution in [-0.2, 0) is 12.4 Å². The van der Waals surface area contributed by atoms with Crippen molar-refractivity contribution in [2.45, 2.75) is 18.6 Å². The lowest BCUT2D eigenvalue weighted by molar-refractivity contribution is -0.142. The zero-order chi connectivity index (χ0) is 19.0. The van der Waals surface area contributed by atoms with Crippen molar-refractivity contribution in [1.29, 1.82) is 0 Å². The van der Waals surface area contributed by atoms with E-state index in [1.54, 1.807) is 0 Å². The van der Waals surface area contributed by atoms with Gasteiger partial charge in [-0.2, -0.15) is 26.3 Å². The topological polar surface area (TPSA) is 62.4 Å². The minimum absolute atomic E-state index is 0.108. The maximum atomic E-state index is 13.1. The van der Waals surface area contributed by atoms with Crippen LogP contribution in [0.15, 0.2) is 24.3 Å². The van der Waals surface area contributed by atoms with Crippen LogP contribution in [0.25, 0.3) is 10.9 Å². The van der Waals surface area contributed by atoms with E-state index in [9.17, 15) is 31.4 Å². The number of aromatic nitrogens is 1. The number of nitrogens with two attached hydrogens (primary N) is 1. The van der Waals surface area contributed by atoms with Crippen molar-refractivity contribution in [3.8, 4) is 0 Å². The van der Waals surface area contributed by atoms with Gasteiger partial charge in [-0.25, -0.2) is 4.98 Å². The van der Waals surface area contributed by atoms with Gasteiger partial charge in [0.05, 0.1) is 11.1 Å².